The molecule has 0 heterocycles. The number of hydrogen-bond donors (Lipinski definition) is 1. The van der Waals surface area contributed by atoms with Gasteiger partial charge in [-0.15, -0.1) is 0 Å². The molecule has 1 aromatic rings. The number of sulfonamides is 1. The van der Waals surface area contributed by atoms with Gasteiger partial charge in [-0.3, -0.25) is 4.90 Å². The number of primary sulfonamides is 1. The summed E-state index contributed by atoms with van der Waals surface area (Å²) in [5, 5.41) is 4.94. The Bertz CT molecular complexity index is 484. The van der Waals surface area contributed by atoms with Crippen molar-refractivity contribution in [3.8, 4) is 0 Å². The van der Waals surface area contributed by atoms with Crippen LogP contribution >= 0.6 is 0 Å². The van der Waals surface area contributed by atoms with Crippen molar-refractivity contribution in [2.24, 2.45) is 5.14 Å². The Labute approximate surface area is 101 Å². The third-order valence-electron chi connectivity index (χ3n) is 2.60. The van der Waals surface area contributed by atoms with Crippen LogP contribution in [0.2, 0.25) is 0 Å². The van der Waals surface area contributed by atoms with Crippen LogP contribution in [0, 0.1) is 5.82 Å². The molecule has 0 saturated heterocycles. The standard InChI is InChI=1S/C11H17FN2O2S/c1-3-14(4-2)8-9-5-6-10(12)11(7-9)17(13,15)16/h5-7H,3-4,8H2,1-2H3,(H2,13,15,16). The topological polar surface area (TPSA) is 63.4 Å². The van der Waals surface area contributed by atoms with Crippen LogP contribution in [0.1, 0.15) is 19.4 Å². The maximum atomic E-state index is 13.3. The zero-order valence-corrected chi connectivity index (χ0v) is 10.8. The zero-order chi connectivity index (χ0) is 13.1. The summed E-state index contributed by atoms with van der Waals surface area (Å²) in [5.41, 5.74) is 0.735. The van der Waals surface area contributed by atoms with Crippen LogP contribution in [0.4, 0.5) is 4.39 Å². The minimum Gasteiger partial charge on any atom is -0.300 e. The van der Waals surface area contributed by atoms with Gasteiger partial charge in [0.1, 0.15) is 10.7 Å². The summed E-state index contributed by atoms with van der Waals surface area (Å²) in [6.45, 7) is 6.29. The second-order valence-electron chi connectivity index (χ2n) is 3.77. The van der Waals surface area contributed by atoms with Gasteiger partial charge in [-0.2, -0.15) is 0 Å². The lowest BCUT2D eigenvalue weighted by Gasteiger charge is -2.18. The molecule has 0 aliphatic carbocycles. The molecule has 0 aliphatic heterocycles. The first-order valence-corrected chi connectivity index (χ1v) is 6.96. The van der Waals surface area contributed by atoms with Gasteiger partial charge in [0.15, 0.2) is 0 Å². The summed E-state index contributed by atoms with van der Waals surface area (Å²) in [5.74, 6) is -0.809. The smallest absolute Gasteiger partial charge is 0.240 e. The molecule has 96 valence electrons. The fourth-order valence-corrected chi connectivity index (χ4v) is 2.23. The van der Waals surface area contributed by atoms with Gasteiger partial charge in [0.25, 0.3) is 0 Å². The van der Waals surface area contributed by atoms with Crippen molar-refractivity contribution < 1.29 is 12.8 Å². The van der Waals surface area contributed by atoms with E-state index in [1.54, 1.807) is 6.07 Å². The maximum absolute atomic E-state index is 13.3. The molecule has 4 nitrogen and oxygen atoms in total. The minimum atomic E-state index is -4.00. The lowest BCUT2D eigenvalue weighted by Crippen LogP contribution is -2.22. The number of nitrogens with two attached hydrogens (primary N) is 1. The van der Waals surface area contributed by atoms with E-state index < -0.39 is 20.7 Å². The Balaban J connectivity index is 3.05. The van der Waals surface area contributed by atoms with Gasteiger partial charge in [0.05, 0.1) is 0 Å². The van der Waals surface area contributed by atoms with Crippen molar-refractivity contribution in [2.75, 3.05) is 13.1 Å². The number of halogens is 1. The molecule has 0 fully saturated rings. The molecule has 2 N–H and O–H groups in total. The van der Waals surface area contributed by atoms with Crippen molar-refractivity contribution in [3.63, 3.8) is 0 Å². The van der Waals surface area contributed by atoms with Crippen LogP contribution in [0.15, 0.2) is 23.1 Å². The van der Waals surface area contributed by atoms with E-state index in [2.05, 4.69) is 4.90 Å². The van der Waals surface area contributed by atoms with Gasteiger partial charge in [0.2, 0.25) is 10.0 Å². The van der Waals surface area contributed by atoms with E-state index in [1.807, 2.05) is 13.8 Å². The van der Waals surface area contributed by atoms with E-state index in [1.165, 1.54) is 6.07 Å². The highest BCUT2D eigenvalue weighted by atomic mass is 32.2. The van der Waals surface area contributed by atoms with Crippen LogP contribution in [-0.4, -0.2) is 26.4 Å². The van der Waals surface area contributed by atoms with Gasteiger partial charge in [0, 0.05) is 6.54 Å². The van der Waals surface area contributed by atoms with E-state index in [9.17, 15) is 12.8 Å². The molecule has 0 unspecified atom stereocenters. The molecule has 0 amide bonds. The zero-order valence-electron chi connectivity index (χ0n) is 9.98. The normalized spacial score (nSPS) is 12.1. The van der Waals surface area contributed by atoms with E-state index in [-0.39, 0.29) is 0 Å². The molecule has 6 heteroatoms. The molecule has 0 atom stereocenters. The first-order valence-electron chi connectivity index (χ1n) is 5.42. The largest absolute Gasteiger partial charge is 0.300 e. The average molecular weight is 260 g/mol. The third-order valence-corrected chi connectivity index (χ3v) is 3.53. The Morgan fingerprint density at radius 1 is 1.29 bits per heavy atom. The number of hydrogen-bond acceptors (Lipinski definition) is 3. The maximum Gasteiger partial charge on any atom is 0.240 e. The second kappa shape index (κ2) is 5.57. The predicted octanol–water partition coefficient (Wildman–Crippen LogP) is 1.31. The van der Waals surface area contributed by atoms with Gasteiger partial charge in [-0.05, 0) is 30.8 Å². The summed E-state index contributed by atoms with van der Waals surface area (Å²) in [4.78, 5) is 1.65. The molecule has 0 aromatic heterocycles. The van der Waals surface area contributed by atoms with Crippen LogP contribution in [0.5, 0.6) is 0 Å². The summed E-state index contributed by atoms with van der Waals surface area (Å²) >= 11 is 0. The number of rotatable bonds is 5. The summed E-state index contributed by atoms with van der Waals surface area (Å²) in [7, 11) is -4.00. The molecule has 0 bridgehead atoms. The molecular formula is C11H17FN2O2S. The average Bonchev–Trinajstić information content (AvgIpc) is 2.26. The van der Waals surface area contributed by atoms with Crippen LogP contribution in [0.3, 0.4) is 0 Å². The van der Waals surface area contributed by atoms with E-state index >= 15 is 0 Å². The second-order valence-corrected chi connectivity index (χ2v) is 5.30. The van der Waals surface area contributed by atoms with Crippen molar-refractivity contribution in [2.45, 2.75) is 25.3 Å². The third kappa shape index (κ3) is 3.76. The first kappa shape index (κ1) is 14.1. The molecule has 1 rings (SSSR count). The monoisotopic (exact) mass is 260 g/mol. The lowest BCUT2D eigenvalue weighted by atomic mass is 10.2. The highest BCUT2D eigenvalue weighted by Gasteiger charge is 2.15. The van der Waals surface area contributed by atoms with Gasteiger partial charge in [-0.1, -0.05) is 19.9 Å². The van der Waals surface area contributed by atoms with Gasteiger partial charge in [-0.25, -0.2) is 17.9 Å². The fourth-order valence-electron chi connectivity index (χ4n) is 1.57. The van der Waals surface area contributed by atoms with Gasteiger partial charge >= 0.3 is 0 Å². The predicted molar refractivity (Wildman–Crippen MR) is 64.4 cm³/mol. The summed E-state index contributed by atoms with van der Waals surface area (Å²) in [6, 6.07) is 4.00. The lowest BCUT2D eigenvalue weighted by molar-refractivity contribution is 0.295. The van der Waals surface area contributed by atoms with Crippen molar-refractivity contribution in [3.05, 3.63) is 29.6 Å². The number of benzene rings is 1. The van der Waals surface area contributed by atoms with Gasteiger partial charge < -0.3 is 0 Å². The quantitative estimate of drug-likeness (QED) is 0.868. The molecule has 1 aromatic carbocycles. The van der Waals surface area contributed by atoms with E-state index in [0.29, 0.717) is 6.54 Å². The Kier molecular flexibility index (Phi) is 4.62. The highest BCUT2D eigenvalue weighted by Crippen LogP contribution is 2.16. The molecule has 0 spiro atoms. The molecule has 17 heavy (non-hydrogen) atoms. The van der Waals surface area contributed by atoms with Crippen LogP contribution in [0.25, 0.3) is 0 Å². The Morgan fingerprint density at radius 2 is 1.88 bits per heavy atom. The molecular weight excluding hydrogens is 243 g/mol. The van der Waals surface area contributed by atoms with Crippen molar-refractivity contribution in [1.82, 2.24) is 4.90 Å². The van der Waals surface area contributed by atoms with E-state index in [4.69, 9.17) is 5.14 Å². The molecule has 0 aliphatic rings. The summed E-state index contributed by atoms with van der Waals surface area (Å²) < 4.78 is 35.6. The highest BCUT2D eigenvalue weighted by molar-refractivity contribution is 7.89. The van der Waals surface area contributed by atoms with Crippen LogP contribution < -0.4 is 5.14 Å². The SMILES string of the molecule is CCN(CC)Cc1ccc(F)c(S(N)(=O)=O)c1. The summed E-state index contributed by atoms with van der Waals surface area (Å²) in [6.07, 6.45) is 0. The fraction of sp³-hybridized carbons (Fsp3) is 0.455. The first-order chi connectivity index (χ1) is 7.88. The molecule has 0 saturated carbocycles. The number of nitrogens with zero attached hydrogens (tertiary/aromatic N) is 1. The Morgan fingerprint density at radius 3 is 2.35 bits per heavy atom. The van der Waals surface area contributed by atoms with E-state index in [0.717, 1.165) is 24.7 Å². The minimum absolute atomic E-state index is 0.442. The van der Waals surface area contributed by atoms with Crippen molar-refractivity contribution in [1.29, 1.82) is 0 Å². The van der Waals surface area contributed by atoms with Crippen molar-refractivity contribution >= 4 is 10.0 Å². The Hall–Kier alpha value is -0.980. The molecule has 0 radical (unpaired) electrons. The van der Waals surface area contributed by atoms with Crippen LogP contribution in [-0.2, 0) is 16.6 Å².